The topological polar surface area (TPSA) is 262 Å². The second-order valence-corrected chi connectivity index (χ2v) is 31.3. The molecular weight excluding hydrogens is 1680 g/mol. The molecule has 0 amide bonds. The molecule has 0 spiro atoms. The number of anilines is 8. The number of aryl methyl sites for hydroxylation is 2. The molecule has 0 aliphatic heterocycles. The third kappa shape index (κ3) is 28.1. The number of aliphatic hydroxyl groups excluding tert-OH is 2. The predicted octanol–water partition coefficient (Wildman–Crippen LogP) is 22.7. The maximum atomic E-state index is 9.44. The van der Waals surface area contributed by atoms with Gasteiger partial charge in [0.15, 0.2) is 0 Å². The normalized spacial score (nSPS) is 10.7. The number of aliphatic hydroxyl groups is 2. The lowest BCUT2D eigenvalue weighted by molar-refractivity contribution is 0.281. The summed E-state index contributed by atoms with van der Waals surface area (Å²) in [4.78, 5) is 55.9. The number of benzene rings is 12. The van der Waals surface area contributed by atoms with Gasteiger partial charge >= 0.3 is 0 Å². The van der Waals surface area contributed by atoms with Crippen LogP contribution in [0.2, 0.25) is 30.1 Å². The van der Waals surface area contributed by atoms with Crippen LogP contribution in [0.15, 0.2) is 291 Å². The molecule has 0 radical (unpaired) electrons. The van der Waals surface area contributed by atoms with E-state index in [-0.39, 0.29) is 13.2 Å². The van der Waals surface area contributed by atoms with Crippen molar-refractivity contribution in [3.8, 4) is 11.5 Å². The molecule has 16 aromatic rings. The predicted molar refractivity (Wildman–Crippen MR) is 497 cm³/mol. The van der Waals surface area contributed by atoms with Crippen LogP contribution in [0.1, 0.15) is 113 Å². The SMILES string of the molecule is COc1cccc(Cc2nc(Cc3cccc(CO)c3)nc(Nc3cccc(Cl)c3)n2)c1.COc1cccc(Cc2nc(Cc3cccc(CO)c3)nc(Nc3ccccc3Cl)n2)c1.Cc1cccc(Nc2nc(Cc3cccc(Cl)c3)nc(Cc3cccc(Cl)c3)n2)c1.Cc1ccccc1Nc1nc(Cc2cccc(Cl)c2)nc(Cc2cccc(Cl)c2)n1. The van der Waals surface area contributed by atoms with Crippen LogP contribution < -0.4 is 30.7 Å². The summed E-state index contributed by atoms with van der Waals surface area (Å²) in [5.74, 6) is 8.76. The van der Waals surface area contributed by atoms with Gasteiger partial charge in [-0.05, 0) is 202 Å². The third-order valence-corrected chi connectivity index (χ3v) is 20.4. The number of nitrogens with one attached hydrogen (secondary N) is 4. The molecule has 12 aromatic carbocycles. The van der Waals surface area contributed by atoms with Crippen LogP contribution in [0.3, 0.4) is 0 Å². The molecule has 6 N–H and O–H groups in total. The van der Waals surface area contributed by atoms with Gasteiger partial charge in [-0.15, -0.1) is 0 Å². The van der Waals surface area contributed by atoms with Crippen LogP contribution in [0.5, 0.6) is 11.5 Å². The van der Waals surface area contributed by atoms with E-state index in [1.807, 2.05) is 299 Å². The molecule has 0 atom stereocenters. The molecular formula is C98H86Cl6N16O4. The summed E-state index contributed by atoms with van der Waals surface area (Å²) >= 11 is 37.0. The average molecular weight is 1760 g/mol. The van der Waals surface area contributed by atoms with Crippen LogP contribution in [-0.2, 0) is 64.6 Å². The largest absolute Gasteiger partial charge is 0.497 e. The van der Waals surface area contributed by atoms with Crippen molar-refractivity contribution >= 4 is 116 Å². The van der Waals surface area contributed by atoms with Gasteiger partial charge in [-0.1, -0.05) is 239 Å². The summed E-state index contributed by atoms with van der Waals surface area (Å²) in [6.45, 7) is 4.08. The maximum Gasteiger partial charge on any atom is 0.230 e. The number of rotatable bonds is 28. The minimum absolute atomic E-state index is 0.00625. The number of hydrogen-bond donors (Lipinski definition) is 6. The molecule has 0 fully saturated rings. The Bertz CT molecular complexity index is 5930. The molecule has 0 bridgehead atoms. The summed E-state index contributed by atoms with van der Waals surface area (Å²) in [6, 6.07) is 93.0. The summed E-state index contributed by atoms with van der Waals surface area (Å²) in [5.41, 5.74) is 15.7. The molecule has 624 valence electrons. The molecule has 20 nitrogen and oxygen atoms in total. The Kier molecular flexibility index (Phi) is 32.1. The molecule has 0 unspecified atom stereocenters. The van der Waals surface area contributed by atoms with Crippen molar-refractivity contribution in [2.75, 3.05) is 35.5 Å². The third-order valence-electron chi connectivity index (χ3n) is 18.8. The van der Waals surface area contributed by atoms with Gasteiger partial charge in [0.05, 0.1) is 38.1 Å². The number of nitrogens with zero attached hydrogens (tertiary/aromatic N) is 12. The van der Waals surface area contributed by atoms with Crippen molar-refractivity contribution in [2.45, 2.75) is 78.4 Å². The quantitative estimate of drug-likeness (QED) is 0.0266. The number of halogens is 6. The van der Waals surface area contributed by atoms with E-state index >= 15 is 0 Å². The number of para-hydroxylation sites is 2. The first-order valence-corrected chi connectivity index (χ1v) is 41.9. The van der Waals surface area contributed by atoms with Crippen LogP contribution in [0.4, 0.5) is 46.5 Å². The minimum atomic E-state index is -0.00849. The fourth-order valence-electron chi connectivity index (χ4n) is 13.1. The van der Waals surface area contributed by atoms with Crippen LogP contribution in [-0.4, -0.2) is 84.2 Å². The Labute approximate surface area is 750 Å². The molecule has 4 aromatic heterocycles. The Morgan fingerprint density at radius 1 is 0.250 bits per heavy atom. The first kappa shape index (κ1) is 88.9. The number of aromatic nitrogens is 12. The Balaban J connectivity index is 0.000000142. The van der Waals surface area contributed by atoms with E-state index in [4.69, 9.17) is 99.0 Å². The highest BCUT2D eigenvalue weighted by Crippen LogP contribution is 2.29. The monoisotopic (exact) mass is 1760 g/mol. The highest BCUT2D eigenvalue weighted by Gasteiger charge is 2.17. The van der Waals surface area contributed by atoms with Crippen LogP contribution in [0.25, 0.3) is 0 Å². The zero-order valence-corrected chi connectivity index (χ0v) is 72.7. The van der Waals surface area contributed by atoms with E-state index in [1.54, 1.807) is 14.2 Å². The highest BCUT2D eigenvalue weighted by atomic mass is 35.5. The highest BCUT2D eigenvalue weighted by molar-refractivity contribution is 6.33. The standard InChI is InChI=1S/2C25H23ClN4O2.2C24H20Cl2N4/c1-32-22-10-3-6-18(12-22)14-24-28-23(13-17-5-2-7-19(11-17)16-31)29-25(30-24)27-21-9-4-8-20(26)15-21;1-32-20-9-5-7-18(13-20)15-24-28-23(14-17-6-4-8-19(12-17)16-31)29-25(30-24)27-22-11-3-2-10-21(22)26;1-16-5-2-10-21(11-16)27-24-29-22(14-17-6-3-8-19(25)12-17)28-23(30-24)15-18-7-4-9-20(26)13-18;1-16-6-2-3-11-21(16)27-24-29-22(14-17-7-4-9-19(25)12-17)28-23(30-24)15-18-8-5-10-20(26)13-18/h2-12,15,31H,13-14,16H2,1H3,(H,27,28,29,30);2-13,31H,14-16H2,1H3,(H,27,28,29,30);2*2-13H,14-15H2,1H3,(H,27,28,29,30). The van der Waals surface area contributed by atoms with E-state index in [0.717, 1.165) is 101 Å². The van der Waals surface area contributed by atoms with Crippen molar-refractivity contribution in [1.82, 2.24) is 59.8 Å². The van der Waals surface area contributed by atoms with Crippen molar-refractivity contribution in [1.29, 1.82) is 0 Å². The van der Waals surface area contributed by atoms with E-state index in [9.17, 15) is 10.2 Å². The van der Waals surface area contributed by atoms with Gasteiger partial charge in [0.1, 0.15) is 58.1 Å². The lowest BCUT2D eigenvalue weighted by Crippen LogP contribution is -2.09. The molecule has 0 aliphatic carbocycles. The fourth-order valence-corrected chi connectivity index (χ4v) is 14.3. The lowest BCUT2D eigenvalue weighted by atomic mass is 10.1. The molecule has 4 heterocycles. The summed E-state index contributed by atoms with van der Waals surface area (Å²) < 4.78 is 10.7. The summed E-state index contributed by atoms with van der Waals surface area (Å²) in [7, 11) is 3.29. The van der Waals surface area contributed by atoms with Gasteiger partial charge in [-0.25, -0.2) is 19.9 Å². The van der Waals surface area contributed by atoms with Gasteiger partial charge in [0.2, 0.25) is 23.8 Å². The van der Waals surface area contributed by atoms with E-state index in [2.05, 4.69) is 67.2 Å². The average Bonchev–Trinajstić information content (AvgIpc) is 0.842. The molecule has 0 aliphatic rings. The summed E-state index contributed by atoms with van der Waals surface area (Å²) in [6.07, 6.45) is 4.35. The Morgan fingerprint density at radius 2 is 0.524 bits per heavy atom. The van der Waals surface area contributed by atoms with Crippen molar-refractivity contribution in [3.05, 3.63) is 435 Å². The number of hydrogen-bond acceptors (Lipinski definition) is 20. The van der Waals surface area contributed by atoms with Crippen LogP contribution in [0, 0.1) is 13.8 Å². The zero-order valence-electron chi connectivity index (χ0n) is 68.1. The fraction of sp³-hybridized carbons (Fsp3) is 0.143. The van der Waals surface area contributed by atoms with Crippen molar-refractivity contribution < 1.29 is 19.7 Å². The second-order valence-electron chi connectivity index (χ2n) is 28.7. The molecule has 0 saturated heterocycles. The maximum absolute atomic E-state index is 9.44. The van der Waals surface area contributed by atoms with Crippen molar-refractivity contribution in [3.63, 3.8) is 0 Å². The number of ether oxygens (including phenoxy) is 2. The van der Waals surface area contributed by atoms with E-state index in [1.165, 1.54) is 0 Å². The Hall–Kier alpha value is -12.9. The second kappa shape index (κ2) is 44.8. The first-order valence-electron chi connectivity index (χ1n) is 39.6. The Morgan fingerprint density at radius 3 is 0.855 bits per heavy atom. The lowest BCUT2D eigenvalue weighted by Gasteiger charge is -2.11. The zero-order chi connectivity index (χ0) is 86.5. The van der Waals surface area contributed by atoms with Gasteiger partial charge in [0, 0.05) is 93.5 Å². The van der Waals surface area contributed by atoms with Gasteiger partial charge < -0.3 is 41.0 Å². The van der Waals surface area contributed by atoms with Crippen molar-refractivity contribution in [2.24, 2.45) is 0 Å². The van der Waals surface area contributed by atoms with Gasteiger partial charge in [0.25, 0.3) is 0 Å². The molecule has 0 saturated carbocycles. The molecule has 26 heteroatoms. The first-order chi connectivity index (χ1) is 60.3. The number of methoxy groups -OCH3 is 2. The van der Waals surface area contributed by atoms with Crippen LogP contribution >= 0.6 is 69.6 Å². The molecule has 124 heavy (non-hydrogen) atoms. The molecule has 16 rings (SSSR count). The summed E-state index contributed by atoms with van der Waals surface area (Å²) in [5, 5.41) is 35.9. The van der Waals surface area contributed by atoms with Gasteiger partial charge in [-0.3, -0.25) is 0 Å². The van der Waals surface area contributed by atoms with Gasteiger partial charge in [-0.2, -0.15) is 39.9 Å². The minimum Gasteiger partial charge on any atom is -0.497 e. The van der Waals surface area contributed by atoms with E-state index in [0.29, 0.717) is 152 Å². The van der Waals surface area contributed by atoms with E-state index < -0.39 is 0 Å². The smallest absolute Gasteiger partial charge is 0.230 e.